The van der Waals surface area contributed by atoms with Gasteiger partial charge in [0.1, 0.15) is 5.82 Å². The minimum absolute atomic E-state index is 0.0384. The molecule has 0 saturated carbocycles. The third kappa shape index (κ3) is 3.94. The van der Waals surface area contributed by atoms with Gasteiger partial charge in [-0.2, -0.15) is 15.3 Å². The van der Waals surface area contributed by atoms with Crippen molar-refractivity contribution in [3.05, 3.63) is 35.9 Å². The number of anilines is 1. The smallest absolute Gasteiger partial charge is 0.167 e. The zero-order chi connectivity index (χ0) is 23.1. The van der Waals surface area contributed by atoms with E-state index in [1.807, 2.05) is 46.0 Å². The summed E-state index contributed by atoms with van der Waals surface area (Å²) in [6.07, 6.45) is 4.15. The van der Waals surface area contributed by atoms with Gasteiger partial charge in [-0.05, 0) is 48.9 Å². The van der Waals surface area contributed by atoms with E-state index in [9.17, 15) is 5.11 Å². The third-order valence-electron chi connectivity index (χ3n) is 6.07. The molecule has 1 aliphatic rings. The second-order valence-electron chi connectivity index (χ2n) is 8.12. The van der Waals surface area contributed by atoms with Gasteiger partial charge in [-0.15, -0.1) is 0 Å². The number of fused-ring (bicyclic) bond motifs is 1. The van der Waals surface area contributed by atoms with Crippen molar-refractivity contribution in [1.29, 1.82) is 0 Å². The van der Waals surface area contributed by atoms with Crippen LogP contribution >= 0.6 is 28.4 Å². The van der Waals surface area contributed by atoms with Crippen molar-refractivity contribution in [2.24, 2.45) is 0 Å². The van der Waals surface area contributed by atoms with Crippen molar-refractivity contribution in [1.82, 2.24) is 33.9 Å². The lowest BCUT2D eigenvalue weighted by Gasteiger charge is -2.34. The van der Waals surface area contributed by atoms with Crippen LogP contribution in [-0.2, 0) is 11.3 Å². The Morgan fingerprint density at radius 1 is 1.27 bits per heavy atom. The van der Waals surface area contributed by atoms with Crippen LogP contribution in [0.15, 0.2) is 24.5 Å². The zero-order valence-corrected chi connectivity index (χ0v) is 21.9. The lowest BCUT2D eigenvalue weighted by Crippen LogP contribution is -2.44. The van der Waals surface area contributed by atoms with E-state index in [4.69, 9.17) is 14.8 Å². The van der Waals surface area contributed by atoms with E-state index in [0.29, 0.717) is 26.1 Å². The van der Waals surface area contributed by atoms with Crippen molar-refractivity contribution in [2.75, 3.05) is 31.3 Å². The summed E-state index contributed by atoms with van der Waals surface area (Å²) < 4.78 is 11.4. The molecular formula is C21H26IN8O2P. The number of hydrogen-bond acceptors (Lipinski definition) is 7. The molecule has 12 heteroatoms. The second-order valence-corrected chi connectivity index (χ2v) is 10.2. The number of nitrogens with zero attached hydrogens (tertiary/aromatic N) is 8. The molecule has 0 radical (unpaired) electrons. The van der Waals surface area contributed by atoms with Gasteiger partial charge in [-0.25, -0.2) is 14.0 Å². The third-order valence-corrected chi connectivity index (χ3v) is 7.96. The Labute approximate surface area is 206 Å². The molecule has 0 spiro atoms. The summed E-state index contributed by atoms with van der Waals surface area (Å²) in [7, 11) is 0. The Balaban J connectivity index is 1.77. The molecule has 4 aromatic rings. The summed E-state index contributed by atoms with van der Waals surface area (Å²) in [5.74, 6) is 0.895. The van der Waals surface area contributed by atoms with Gasteiger partial charge in [0.05, 0.1) is 67.6 Å². The maximum atomic E-state index is 9.47. The van der Waals surface area contributed by atoms with Crippen LogP contribution in [0.4, 0.5) is 5.82 Å². The number of morpholine rings is 1. The summed E-state index contributed by atoms with van der Waals surface area (Å²) in [6.45, 7) is 8.80. The molecule has 1 N–H and O–H groups in total. The van der Waals surface area contributed by atoms with Gasteiger partial charge >= 0.3 is 0 Å². The molecule has 0 aliphatic carbocycles. The molecule has 0 aromatic carbocycles. The van der Waals surface area contributed by atoms with Crippen LogP contribution in [0.25, 0.3) is 28.2 Å². The van der Waals surface area contributed by atoms with E-state index in [1.165, 1.54) is 0 Å². The minimum atomic E-state index is 0.0384. The first-order chi connectivity index (χ1) is 16.0. The molecule has 0 amide bonds. The number of aliphatic hydroxyl groups excluding tert-OH is 1. The van der Waals surface area contributed by atoms with E-state index in [0.717, 1.165) is 51.9 Å². The first-order valence-electron chi connectivity index (χ1n) is 10.8. The normalized spacial score (nSPS) is 17.1. The Morgan fingerprint density at radius 3 is 2.88 bits per heavy atom. The number of ether oxygens (including phenoxy) is 1. The summed E-state index contributed by atoms with van der Waals surface area (Å²) in [5.41, 5.74) is 6.55. The predicted molar refractivity (Wildman–Crippen MR) is 137 cm³/mol. The Hall–Kier alpha value is -2.08. The quantitative estimate of drug-likeness (QED) is 0.277. The molecule has 5 heterocycles. The van der Waals surface area contributed by atoms with Crippen LogP contribution in [0.5, 0.6) is 0 Å². The molecule has 1 saturated heterocycles. The predicted octanol–water partition coefficient (Wildman–Crippen LogP) is 3.08. The Morgan fingerprint density at radius 2 is 2.12 bits per heavy atom. The van der Waals surface area contributed by atoms with Crippen molar-refractivity contribution in [3.8, 4) is 22.5 Å². The molecule has 0 bridgehead atoms. The number of rotatable bonds is 6. The molecule has 2 unspecified atom stereocenters. The highest BCUT2D eigenvalue weighted by molar-refractivity contribution is 14.2. The fourth-order valence-corrected chi connectivity index (χ4v) is 6.03. The maximum Gasteiger partial charge on any atom is 0.167 e. The van der Waals surface area contributed by atoms with Crippen molar-refractivity contribution in [3.63, 3.8) is 0 Å². The van der Waals surface area contributed by atoms with E-state index in [-0.39, 0.29) is 12.6 Å². The average Bonchev–Trinajstić information content (AvgIpc) is 3.51. The van der Waals surface area contributed by atoms with Gasteiger partial charge < -0.3 is 14.7 Å². The van der Waals surface area contributed by atoms with E-state index >= 15 is 0 Å². The van der Waals surface area contributed by atoms with Gasteiger partial charge in [0.15, 0.2) is 5.65 Å². The molecule has 10 nitrogen and oxygen atoms in total. The molecule has 4 aromatic heterocycles. The van der Waals surface area contributed by atoms with Crippen LogP contribution in [0.2, 0.25) is 0 Å². The topological polar surface area (TPSA) is 98.5 Å². The lowest BCUT2D eigenvalue weighted by atomic mass is 10.1. The van der Waals surface area contributed by atoms with Crippen LogP contribution in [0, 0.1) is 13.8 Å². The second kappa shape index (κ2) is 9.28. The highest BCUT2D eigenvalue weighted by Crippen LogP contribution is 2.36. The Kier molecular flexibility index (Phi) is 6.39. The molecular weight excluding hydrogens is 554 g/mol. The number of hydrogen-bond donors (Lipinski definition) is 1. The SMILES string of the molecule is Cc1nn(CCO)c(C)c1-c1cc(N2CCOCC2C)nc2c(-c3ccnn3PI)cnn12. The maximum absolute atomic E-state index is 9.47. The summed E-state index contributed by atoms with van der Waals surface area (Å²) >= 11 is 2.33. The van der Waals surface area contributed by atoms with Gasteiger partial charge in [-0.3, -0.25) is 4.68 Å². The lowest BCUT2D eigenvalue weighted by molar-refractivity contribution is 0.0985. The monoisotopic (exact) mass is 580 g/mol. The van der Waals surface area contributed by atoms with Gasteiger partial charge in [0, 0.05) is 30.1 Å². The minimum Gasteiger partial charge on any atom is -0.394 e. The van der Waals surface area contributed by atoms with Gasteiger partial charge in [0.25, 0.3) is 0 Å². The highest BCUT2D eigenvalue weighted by atomic mass is 127. The van der Waals surface area contributed by atoms with Gasteiger partial charge in [-0.1, -0.05) is 0 Å². The van der Waals surface area contributed by atoms with Crippen molar-refractivity contribution in [2.45, 2.75) is 33.4 Å². The molecule has 5 rings (SSSR count). The van der Waals surface area contributed by atoms with Crippen LogP contribution < -0.4 is 4.90 Å². The van der Waals surface area contributed by atoms with Crippen LogP contribution in [-0.4, -0.2) is 71.4 Å². The summed E-state index contributed by atoms with van der Waals surface area (Å²) in [6, 6.07) is 4.32. The highest BCUT2D eigenvalue weighted by Gasteiger charge is 2.26. The molecule has 174 valence electrons. The molecule has 33 heavy (non-hydrogen) atoms. The molecule has 2 atom stereocenters. The van der Waals surface area contributed by atoms with Crippen molar-refractivity contribution < 1.29 is 9.84 Å². The fourth-order valence-electron chi connectivity index (χ4n) is 4.48. The number of aromatic nitrogens is 7. The summed E-state index contributed by atoms with van der Waals surface area (Å²) in [4.78, 5) is 7.39. The number of aryl methyl sites for hydroxylation is 1. The zero-order valence-electron chi connectivity index (χ0n) is 18.7. The Bertz CT molecular complexity index is 1300. The average molecular weight is 580 g/mol. The standard InChI is InChI=1S/C21H26IN8O2P/c1-13-12-32-9-7-27(13)19-10-18(20-14(2)26-28(6-8-31)15(20)3)29-21(25-19)16(11-24-29)17-4-5-23-30(17)33-22/h4-5,10-11,13,31,33H,6-9,12H2,1-3H3. The number of halogens is 1. The van der Waals surface area contributed by atoms with Crippen LogP contribution in [0.3, 0.4) is 0 Å². The van der Waals surface area contributed by atoms with Crippen molar-refractivity contribution >= 4 is 39.9 Å². The molecule has 1 aliphatic heterocycles. The van der Waals surface area contributed by atoms with Gasteiger partial charge in [0.2, 0.25) is 0 Å². The van der Waals surface area contributed by atoms with E-state index < -0.39 is 0 Å². The molecule has 1 fully saturated rings. The fraction of sp³-hybridized carbons (Fsp3) is 0.429. The van der Waals surface area contributed by atoms with E-state index in [2.05, 4.69) is 50.1 Å². The van der Waals surface area contributed by atoms with E-state index in [1.54, 1.807) is 0 Å². The number of aliphatic hydroxyl groups is 1. The first-order valence-corrected chi connectivity index (χ1v) is 14.9. The first kappa shape index (κ1) is 22.7. The summed E-state index contributed by atoms with van der Waals surface area (Å²) in [5, 5.41) is 23.3. The largest absolute Gasteiger partial charge is 0.394 e. The van der Waals surface area contributed by atoms with Crippen LogP contribution in [0.1, 0.15) is 18.3 Å².